The molecule has 0 saturated carbocycles. The minimum Gasteiger partial charge on any atom is -0.454 e. The molecule has 2 aromatic rings. The molecule has 7 heteroatoms. The molecule has 2 aromatic carbocycles. The Hall–Kier alpha value is -2.73. The molecule has 0 saturated heterocycles. The van der Waals surface area contributed by atoms with Crippen LogP contribution in [0.1, 0.15) is 15.9 Å². The summed E-state index contributed by atoms with van der Waals surface area (Å²) in [7, 11) is 0. The van der Waals surface area contributed by atoms with Crippen LogP contribution in [0.3, 0.4) is 0 Å². The van der Waals surface area contributed by atoms with Gasteiger partial charge >= 0.3 is 0 Å². The second-order valence-corrected chi connectivity index (χ2v) is 5.69. The highest BCUT2D eigenvalue weighted by Crippen LogP contribution is 2.32. The standard InChI is InChI=1S/C17H15ClN2O4/c1-10-6-12(18)3-4-13(10)20-16(21)8-19-17(22)11-2-5-14-15(7-11)24-9-23-14/h2-7H,8-9H2,1H3,(H,19,22)(H,20,21). The first kappa shape index (κ1) is 16.1. The molecule has 0 radical (unpaired) electrons. The largest absolute Gasteiger partial charge is 0.454 e. The molecule has 2 amide bonds. The summed E-state index contributed by atoms with van der Waals surface area (Å²) in [4.78, 5) is 24.1. The van der Waals surface area contributed by atoms with Crippen LogP contribution < -0.4 is 20.1 Å². The molecule has 0 spiro atoms. The predicted octanol–water partition coefficient (Wildman–Crippen LogP) is 2.75. The van der Waals surface area contributed by atoms with Crippen molar-refractivity contribution in [1.29, 1.82) is 0 Å². The maximum Gasteiger partial charge on any atom is 0.251 e. The van der Waals surface area contributed by atoms with Gasteiger partial charge in [0.15, 0.2) is 11.5 Å². The summed E-state index contributed by atoms with van der Waals surface area (Å²) in [5.74, 6) is 0.428. The summed E-state index contributed by atoms with van der Waals surface area (Å²) in [5, 5.41) is 5.90. The summed E-state index contributed by atoms with van der Waals surface area (Å²) in [6.45, 7) is 1.84. The van der Waals surface area contributed by atoms with Gasteiger partial charge in [-0.15, -0.1) is 0 Å². The van der Waals surface area contributed by atoms with E-state index >= 15 is 0 Å². The van der Waals surface area contributed by atoms with Crippen molar-refractivity contribution >= 4 is 29.1 Å². The molecular formula is C17H15ClN2O4. The molecule has 24 heavy (non-hydrogen) atoms. The number of anilines is 1. The first-order valence-electron chi connectivity index (χ1n) is 7.27. The number of fused-ring (bicyclic) bond motifs is 1. The number of nitrogens with one attached hydrogen (secondary N) is 2. The van der Waals surface area contributed by atoms with Gasteiger partial charge in [-0.05, 0) is 48.9 Å². The number of halogens is 1. The summed E-state index contributed by atoms with van der Waals surface area (Å²) in [6, 6.07) is 10.0. The molecule has 6 nitrogen and oxygen atoms in total. The van der Waals surface area contributed by atoms with Gasteiger partial charge in [-0.2, -0.15) is 0 Å². The van der Waals surface area contributed by atoms with Crippen molar-refractivity contribution in [2.45, 2.75) is 6.92 Å². The minimum atomic E-state index is -0.365. The van der Waals surface area contributed by atoms with Gasteiger partial charge < -0.3 is 20.1 Å². The number of ether oxygens (including phenoxy) is 2. The Labute approximate surface area is 143 Å². The molecule has 3 rings (SSSR count). The topological polar surface area (TPSA) is 76.7 Å². The quantitative estimate of drug-likeness (QED) is 0.892. The van der Waals surface area contributed by atoms with Crippen molar-refractivity contribution in [3.8, 4) is 11.5 Å². The molecular weight excluding hydrogens is 332 g/mol. The van der Waals surface area contributed by atoms with Gasteiger partial charge in [0, 0.05) is 16.3 Å². The Bertz CT molecular complexity index is 807. The highest BCUT2D eigenvalue weighted by molar-refractivity contribution is 6.30. The number of aryl methyl sites for hydroxylation is 1. The van der Waals surface area contributed by atoms with E-state index in [0.29, 0.717) is 27.8 Å². The fourth-order valence-electron chi connectivity index (χ4n) is 2.26. The molecule has 0 fully saturated rings. The third kappa shape index (κ3) is 3.60. The smallest absolute Gasteiger partial charge is 0.251 e. The second kappa shape index (κ2) is 6.80. The number of hydrogen-bond acceptors (Lipinski definition) is 4. The van der Waals surface area contributed by atoms with Crippen LogP contribution in [0.15, 0.2) is 36.4 Å². The molecule has 0 aromatic heterocycles. The van der Waals surface area contributed by atoms with Crippen molar-refractivity contribution in [3.63, 3.8) is 0 Å². The summed E-state index contributed by atoms with van der Waals surface area (Å²) >= 11 is 5.88. The van der Waals surface area contributed by atoms with E-state index in [1.165, 1.54) is 0 Å². The number of amides is 2. The zero-order valence-corrected chi connectivity index (χ0v) is 13.6. The van der Waals surface area contributed by atoms with Gasteiger partial charge in [-0.3, -0.25) is 9.59 Å². The number of carbonyl (C=O) groups is 2. The lowest BCUT2D eigenvalue weighted by Crippen LogP contribution is -2.32. The average Bonchev–Trinajstić information content (AvgIpc) is 3.03. The molecule has 124 valence electrons. The molecule has 1 aliphatic rings. The van der Waals surface area contributed by atoms with Crippen LogP contribution in [0.5, 0.6) is 11.5 Å². The zero-order chi connectivity index (χ0) is 17.1. The predicted molar refractivity (Wildman–Crippen MR) is 89.7 cm³/mol. The molecule has 2 N–H and O–H groups in total. The van der Waals surface area contributed by atoms with Crippen molar-refractivity contribution < 1.29 is 19.1 Å². The van der Waals surface area contributed by atoms with Gasteiger partial charge in [0.05, 0.1) is 6.54 Å². The van der Waals surface area contributed by atoms with Gasteiger partial charge in [0.2, 0.25) is 12.7 Å². The molecule has 0 bridgehead atoms. The summed E-state index contributed by atoms with van der Waals surface area (Å²) in [5.41, 5.74) is 1.90. The lowest BCUT2D eigenvalue weighted by atomic mass is 10.2. The number of carbonyl (C=O) groups excluding carboxylic acids is 2. The van der Waals surface area contributed by atoms with Gasteiger partial charge in [0.1, 0.15) is 0 Å². The number of hydrogen-bond donors (Lipinski definition) is 2. The Morgan fingerprint density at radius 2 is 1.92 bits per heavy atom. The third-order valence-corrected chi connectivity index (χ3v) is 3.74. The first-order chi connectivity index (χ1) is 11.5. The zero-order valence-electron chi connectivity index (χ0n) is 12.9. The average molecular weight is 347 g/mol. The van der Waals surface area contributed by atoms with Crippen molar-refractivity contribution in [3.05, 3.63) is 52.5 Å². The highest BCUT2D eigenvalue weighted by Gasteiger charge is 2.16. The normalized spacial score (nSPS) is 11.9. The first-order valence-corrected chi connectivity index (χ1v) is 7.64. The summed E-state index contributed by atoms with van der Waals surface area (Å²) < 4.78 is 10.4. The molecule has 1 aliphatic heterocycles. The third-order valence-electron chi connectivity index (χ3n) is 3.51. The van der Waals surface area contributed by atoms with Crippen LogP contribution in [0.4, 0.5) is 5.69 Å². The lowest BCUT2D eigenvalue weighted by Gasteiger charge is -2.10. The van der Waals surface area contributed by atoms with E-state index in [1.807, 2.05) is 6.92 Å². The van der Waals surface area contributed by atoms with Crippen LogP contribution in [0, 0.1) is 6.92 Å². The summed E-state index contributed by atoms with van der Waals surface area (Å²) in [6.07, 6.45) is 0. The maximum absolute atomic E-state index is 12.1. The van der Waals surface area contributed by atoms with Crippen LogP contribution in [0.2, 0.25) is 5.02 Å². The van der Waals surface area contributed by atoms with Crippen molar-refractivity contribution in [1.82, 2.24) is 5.32 Å². The maximum atomic E-state index is 12.1. The van der Waals surface area contributed by atoms with Gasteiger partial charge in [-0.1, -0.05) is 11.6 Å². The Morgan fingerprint density at radius 3 is 2.71 bits per heavy atom. The second-order valence-electron chi connectivity index (χ2n) is 5.26. The van der Waals surface area contributed by atoms with Crippen LogP contribution in [0.25, 0.3) is 0 Å². The fraction of sp³-hybridized carbons (Fsp3) is 0.176. The van der Waals surface area contributed by atoms with E-state index in [4.69, 9.17) is 21.1 Å². The van der Waals surface area contributed by atoms with E-state index < -0.39 is 0 Å². The van der Waals surface area contributed by atoms with Crippen molar-refractivity contribution in [2.75, 3.05) is 18.7 Å². The van der Waals surface area contributed by atoms with E-state index in [-0.39, 0.29) is 25.2 Å². The van der Waals surface area contributed by atoms with E-state index in [1.54, 1.807) is 36.4 Å². The Balaban J connectivity index is 1.57. The molecule has 0 atom stereocenters. The molecule has 1 heterocycles. The molecule has 0 aliphatic carbocycles. The van der Waals surface area contributed by atoms with Gasteiger partial charge in [-0.25, -0.2) is 0 Å². The fourth-order valence-corrected chi connectivity index (χ4v) is 2.49. The molecule has 0 unspecified atom stereocenters. The Morgan fingerprint density at radius 1 is 1.12 bits per heavy atom. The van der Waals surface area contributed by atoms with Crippen LogP contribution in [-0.4, -0.2) is 25.2 Å². The highest BCUT2D eigenvalue weighted by atomic mass is 35.5. The lowest BCUT2D eigenvalue weighted by molar-refractivity contribution is -0.115. The van der Waals surface area contributed by atoms with Crippen LogP contribution in [-0.2, 0) is 4.79 Å². The van der Waals surface area contributed by atoms with E-state index in [9.17, 15) is 9.59 Å². The number of rotatable bonds is 4. The van der Waals surface area contributed by atoms with Crippen molar-refractivity contribution in [2.24, 2.45) is 0 Å². The monoisotopic (exact) mass is 346 g/mol. The van der Waals surface area contributed by atoms with E-state index in [0.717, 1.165) is 5.56 Å². The van der Waals surface area contributed by atoms with E-state index in [2.05, 4.69) is 10.6 Å². The SMILES string of the molecule is Cc1cc(Cl)ccc1NC(=O)CNC(=O)c1ccc2c(c1)OCO2. The Kier molecular flexibility index (Phi) is 4.57. The van der Waals surface area contributed by atoms with Crippen LogP contribution >= 0.6 is 11.6 Å². The minimum absolute atomic E-state index is 0.142. The number of benzene rings is 2. The van der Waals surface area contributed by atoms with Gasteiger partial charge in [0.25, 0.3) is 5.91 Å².